The summed E-state index contributed by atoms with van der Waals surface area (Å²) in [4.78, 5) is 12.3. The van der Waals surface area contributed by atoms with E-state index in [1.807, 2.05) is 65.8 Å². The van der Waals surface area contributed by atoms with Crippen LogP contribution in [0.5, 0.6) is 0 Å². The Morgan fingerprint density at radius 2 is 1.09 bits per heavy atom. The molecule has 0 amide bonds. The van der Waals surface area contributed by atoms with Gasteiger partial charge in [0.2, 0.25) is 0 Å². The Balaban J connectivity index is -0.000000650. The fourth-order valence-electron chi connectivity index (χ4n) is 2.71. The van der Waals surface area contributed by atoms with Gasteiger partial charge in [0.05, 0.1) is 0 Å². The van der Waals surface area contributed by atoms with Crippen LogP contribution in [-0.2, 0) is 27.1 Å². The van der Waals surface area contributed by atoms with E-state index in [-0.39, 0.29) is 5.92 Å². The molecule has 184 valence electrons. The van der Waals surface area contributed by atoms with E-state index in [2.05, 4.69) is 52.8 Å². The van der Waals surface area contributed by atoms with Crippen molar-refractivity contribution in [3.8, 4) is 0 Å². The Kier molecular flexibility index (Phi) is 29.3. The summed E-state index contributed by atoms with van der Waals surface area (Å²) in [6.45, 7) is 15.0. The van der Waals surface area contributed by atoms with Crippen molar-refractivity contribution in [3.63, 3.8) is 0 Å². The molecule has 2 atom stereocenters. The number of ether oxygens (including phenoxy) is 2. The van der Waals surface area contributed by atoms with E-state index >= 15 is 0 Å². The molecule has 32 heavy (non-hydrogen) atoms. The maximum Gasteiger partial charge on any atom is 0.136 e. The predicted octanol–water partition coefficient (Wildman–Crippen LogP) is 7.67. The molecule has 0 radical (unpaired) electrons. The molecule has 3 heteroatoms. The molecule has 2 rings (SSSR count). The molecule has 0 aliphatic carbocycles. The number of hydrogen-bond donors (Lipinski definition) is 0. The lowest BCUT2D eigenvalue weighted by molar-refractivity contribution is -0.123. The Labute approximate surface area is 199 Å². The highest BCUT2D eigenvalue weighted by Crippen LogP contribution is 2.17. The molecular weight excluding hydrogens is 396 g/mol. The third kappa shape index (κ3) is 21.3. The van der Waals surface area contributed by atoms with Crippen LogP contribution in [0.4, 0.5) is 0 Å². The van der Waals surface area contributed by atoms with Crippen molar-refractivity contribution in [2.24, 2.45) is 11.8 Å². The zero-order valence-electron chi connectivity index (χ0n) is 22.5. The number of carbonyl (C=O) groups is 1. The third-order valence-electron chi connectivity index (χ3n) is 4.20. The summed E-state index contributed by atoms with van der Waals surface area (Å²) in [5.74, 6) is 0.881. The van der Waals surface area contributed by atoms with Gasteiger partial charge < -0.3 is 9.47 Å². The van der Waals surface area contributed by atoms with E-state index in [0.29, 0.717) is 18.1 Å². The number of hydrogen-bond acceptors (Lipinski definition) is 3. The van der Waals surface area contributed by atoms with E-state index in [9.17, 15) is 4.79 Å². The maximum absolute atomic E-state index is 12.3. The number of methoxy groups -OCH3 is 2. The smallest absolute Gasteiger partial charge is 0.136 e. The Hall–Kier alpha value is -1.97. The van der Waals surface area contributed by atoms with Crippen molar-refractivity contribution in [2.45, 2.75) is 67.7 Å². The van der Waals surface area contributed by atoms with Gasteiger partial charge in [0.15, 0.2) is 0 Å². The van der Waals surface area contributed by atoms with Gasteiger partial charge in [-0.25, -0.2) is 0 Å². The van der Waals surface area contributed by atoms with Gasteiger partial charge in [0.1, 0.15) is 5.78 Å². The summed E-state index contributed by atoms with van der Waals surface area (Å²) < 4.78 is 8.79. The highest BCUT2D eigenvalue weighted by Gasteiger charge is 2.16. The molecule has 0 heterocycles. The molecule has 0 aliphatic heterocycles. The second kappa shape index (κ2) is 27.1. The van der Waals surface area contributed by atoms with Crippen molar-refractivity contribution in [1.29, 1.82) is 0 Å². The molecule has 0 aromatic heterocycles. The molecular formula is C29H50O3. The largest absolute Gasteiger partial charge is 0.388 e. The van der Waals surface area contributed by atoms with E-state index in [1.165, 1.54) is 11.1 Å². The summed E-state index contributed by atoms with van der Waals surface area (Å²) >= 11 is 0. The number of benzene rings is 2. The summed E-state index contributed by atoms with van der Waals surface area (Å²) in [6.07, 6.45) is 2.49. The van der Waals surface area contributed by atoms with E-state index in [1.54, 1.807) is 21.3 Å². The van der Waals surface area contributed by atoms with Crippen molar-refractivity contribution >= 4 is 5.78 Å². The molecule has 0 saturated carbocycles. The Morgan fingerprint density at radius 3 is 1.44 bits per heavy atom. The van der Waals surface area contributed by atoms with Gasteiger partial charge in [-0.2, -0.15) is 0 Å². The highest BCUT2D eigenvalue weighted by molar-refractivity contribution is 5.81. The van der Waals surface area contributed by atoms with Gasteiger partial charge in [-0.1, -0.05) is 102 Å². The first-order valence-electron chi connectivity index (χ1n) is 12.0. The number of Topliss-reactive ketones (excluding diaryl/α,β-unsaturated/α-hetero) is 1. The van der Waals surface area contributed by atoms with E-state index < -0.39 is 0 Å². The van der Waals surface area contributed by atoms with Crippen LogP contribution in [0.15, 0.2) is 60.7 Å². The van der Waals surface area contributed by atoms with Gasteiger partial charge in [0.25, 0.3) is 0 Å². The summed E-state index contributed by atoms with van der Waals surface area (Å²) in [7, 11) is 4.93. The van der Waals surface area contributed by atoms with Crippen LogP contribution >= 0.6 is 0 Å². The number of rotatable bonds is 8. The van der Waals surface area contributed by atoms with Crippen LogP contribution in [0.3, 0.4) is 0 Å². The molecule has 0 N–H and O–H groups in total. The number of ketones is 1. The van der Waals surface area contributed by atoms with Crippen molar-refractivity contribution < 1.29 is 14.3 Å². The topological polar surface area (TPSA) is 35.5 Å². The Morgan fingerprint density at radius 1 is 0.750 bits per heavy atom. The Bertz CT molecular complexity index is 594. The fraction of sp³-hybridized carbons (Fsp3) is 0.552. The van der Waals surface area contributed by atoms with Crippen LogP contribution < -0.4 is 0 Å². The summed E-state index contributed by atoms with van der Waals surface area (Å²) in [5, 5.41) is 0. The van der Waals surface area contributed by atoms with E-state index in [0.717, 1.165) is 19.4 Å². The molecule has 0 saturated heterocycles. The summed E-state index contributed by atoms with van der Waals surface area (Å²) in [5.41, 5.74) is 2.56. The molecule has 0 spiro atoms. The first-order valence-corrected chi connectivity index (χ1v) is 12.0. The van der Waals surface area contributed by atoms with E-state index in [4.69, 9.17) is 0 Å². The first kappa shape index (κ1) is 34.6. The summed E-state index contributed by atoms with van der Waals surface area (Å²) in [6, 6.07) is 20.7. The lowest BCUT2D eigenvalue weighted by Gasteiger charge is -2.15. The quantitative estimate of drug-likeness (QED) is 0.417. The minimum Gasteiger partial charge on any atom is -0.388 e. The predicted molar refractivity (Wildman–Crippen MR) is 141 cm³/mol. The third-order valence-corrected chi connectivity index (χ3v) is 4.20. The van der Waals surface area contributed by atoms with Crippen LogP contribution in [0.1, 0.15) is 66.0 Å². The van der Waals surface area contributed by atoms with Crippen LogP contribution in [0.2, 0.25) is 0 Å². The van der Waals surface area contributed by atoms with Crippen LogP contribution in [0.25, 0.3) is 0 Å². The van der Waals surface area contributed by atoms with Gasteiger partial charge in [0, 0.05) is 40.3 Å². The lowest BCUT2D eigenvalue weighted by Crippen LogP contribution is -2.17. The van der Waals surface area contributed by atoms with Crippen LogP contribution in [0, 0.1) is 11.8 Å². The maximum atomic E-state index is 12.3. The van der Waals surface area contributed by atoms with Crippen molar-refractivity contribution in [3.05, 3.63) is 71.8 Å². The van der Waals surface area contributed by atoms with Gasteiger partial charge in [-0.05, 0) is 36.8 Å². The molecule has 0 bridgehead atoms. The second-order valence-electron chi connectivity index (χ2n) is 7.04. The van der Waals surface area contributed by atoms with Gasteiger partial charge in [-0.3, -0.25) is 4.79 Å². The van der Waals surface area contributed by atoms with Crippen molar-refractivity contribution in [2.75, 3.05) is 27.9 Å². The lowest BCUT2D eigenvalue weighted by atomic mass is 9.89. The molecule has 2 aromatic carbocycles. The van der Waals surface area contributed by atoms with Gasteiger partial charge in [-0.15, -0.1) is 0 Å². The second-order valence-corrected chi connectivity index (χ2v) is 7.04. The zero-order valence-corrected chi connectivity index (χ0v) is 22.5. The highest BCUT2D eigenvalue weighted by atomic mass is 16.5. The fourth-order valence-corrected chi connectivity index (χ4v) is 2.71. The SMILES string of the molecule is CC.CC.CC(CC(=O)C(C)Cc1ccccc1)Cc1ccccc1.CCOC.COC. The average Bonchev–Trinajstić information content (AvgIpc) is 2.83. The minimum atomic E-state index is 0.102. The monoisotopic (exact) mass is 446 g/mol. The van der Waals surface area contributed by atoms with Crippen LogP contribution in [-0.4, -0.2) is 33.7 Å². The molecule has 0 aliphatic rings. The minimum absolute atomic E-state index is 0.102. The molecule has 2 unspecified atom stereocenters. The molecule has 0 fully saturated rings. The average molecular weight is 447 g/mol. The zero-order chi connectivity index (χ0) is 25.2. The van der Waals surface area contributed by atoms with Gasteiger partial charge >= 0.3 is 0 Å². The normalized spacial score (nSPS) is 10.8. The number of carbonyl (C=O) groups excluding carboxylic acids is 1. The molecule has 3 nitrogen and oxygen atoms in total. The standard InChI is InChI=1S/C20H24O.C3H8O.C2H6O.2C2H6/c1-16(13-18-9-5-3-6-10-18)14-20(21)17(2)15-19-11-7-4-8-12-19;1-3-4-2;1-3-2;2*1-2/h3-12,16-17H,13-15H2,1-2H3;3H2,1-2H3;1-2H3;2*1-2H3. The first-order chi connectivity index (χ1) is 15.5. The molecule has 2 aromatic rings. The van der Waals surface area contributed by atoms with Crippen molar-refractivity contribution in [1.82, 2.24) is 0 Å².